The Kier molecular flexibility index (Phi) is 5.13. The fourth-order valence-electron chi connectivity index (χ4n) is 2.11. The Balaban J connectivity index is 1.72. The molecule has 100 valence electrons. The molecule has 5 heteroatoms. The van der Waals surface area contributed by atoms with Crippen LogP contribution in [0.15, 0.2) is 12.1 Å². The number of carbonyl (C=O) groups is 1. The summed E-state index contributed by atoms with van der Waals surface area (Å²) in [5.41, 5.74) is 1.54. The molecule has 1 saturated heterocycles. The molecule has 1 aromatic rings. The van der Waals surface area contributed by atoms with Gasteiger partial charge in [-0.25, -0.2) is 4.79 Å². The summed E-state index contributed by atoms with van der Waals surface area (Å²) in [6, 6.07) is 3.69. The molecule has 1 aromatic heterocycles. The molecule has 4 nitrogen and oxygen atoms in total. The molecule has 2 rings (SSSR count). The SMILES string of the molecule is COC(=O)c1ccc(CNCC2CCCCS2)[nH]1. The van der Waals surface area contributed by atoms with Gasteiger partial charge < -0.3 is 15.0 Å². The zero-order valence-corrected chi connectivity index (χ0v) is 11.5. The van der Waals surface area contributed by atoms with E-state index in [4.69, 9.17) is 0 Å². The van der Waals surface area contributed by atoms with E-state index in [-0.39, 0.29) is 5.97 Å². The number of hydrogen-bond donors (Lipinski definition) is 2. The van der Waals surface area contributed by atoms with Crippen LogP contribution in [0.2, 0.25) is 0 Å². The summed E-state index contributed by atoms with van der Waals surface area (Å²) in [4.78, 5) is 14.3. The molecule has 0 aliphatic carbocycles. The van der Waals surface area contributed by atoms with Gasteiger partial charge in [0.25, 0.3) is 0 Å². The highest BCUT2D eigenvalue weighted by molar-refractivity contribution is 7.99. The Hall–Kier alpha value is -0.940. The van der Waals surface area contributed by atoms with Crippen LogP contribution < -0.4 is 5.32 Å². The van der Waals surface area contributed by atoms with Crippen LogP contribution in [-0.2, 0) is 11.3 Å². The zero-order chi connectivity index (χ0) is 12.8. The van der Waals surface area contributed by atoms with Crippen molar-refractivity contribution < 1.29 is 9.53 Å². The molecule has 0 amide bonds. The fraction of sp³-hybridized carbons (Fsp3) is 0.615. The van der Waals surface area contributed by atoms with E-state index in [1.165, 1.54) is 32.1 Å². The van der Waals surface area contributed by atoms with Crippen molar-refractivity contribution in [2.45, 2.75) is 31.1 Å². The zero-order valence-electron chi connectivity index (χ0n) is 10.7. The van der Waals surface area contributed by atoms with Gasteiger partial charge in [0, 0.05) is 24.0 Å². The largest absolute Gasteiger partial charge is 0.464 e. The quantitative estimate of drug-likeness (QED) is 0.804. The smallest absolute Gasteiger partial charge is 0.354 e. The molecule has 0 spiro atoms. The average Bonchev–Trinajstić information content (AvgIpc) is 2.88. The lowest BCUT2D eigenvalue weighted by Gasteiger charge is -2.21. The minimum atomic E-state index is -0.316. The molecule has 0 aromatic carbocycles. The molecule has 1 atom stereocenters. The number of H-pyrrole nitrogens is 1. The molecular weight excluding hydrogens is 248 g/mol. The van der Waals surface area contributed by atoms with E-state index >= 15 is 0 Å². The maximum Gasteiger partial charge on any atom is 0.354 e. The molecule has 2 heterocycles. The Morgan fingerprint density at radius 1 is 1.56 bits per heavy atom. The van der Waals surface area contributed by atoms with Crippen molar-refractivity contribution in [3.8, 4) is 0 Å². The average molecular weight is 268 g/mol. The maximum absolute atomic E-state index is 11.3. The minimum Gasteiger partial charge on any atom is -0.464 e. The molecule has 18 heavy (non-hydrogen) atoms. The van der Waals surface area contributed by atoms with E-state index in [9.17, 15) is 4.79 Å². The third-order valence-corrected chi connectivity index (χ3v) is 4.51. The van der Waals surface area contributed by atoms with Crippen molar-refractivity contribution in [2.24, 2.45) is 0 Å². The number of ether oxygens (including phenoxy) is 1. The number of aromatic amines is 1. The van der Waals surface area contributed by atoms with Gasteiger partial charge in [0.05, 0.1) is 7.11 Å². The third kappa shape index (κ3) is 3.78. The first-order valence-electron chi connectivity index (χ1n) is 6.38. The summed E-state index contributed by atoms with van der Waals surface area (Å²) in [7, 11) is 1.39. The van der Waals surface area contributed by atoms with Gasteiger partial charge in [0.2, 0.25) is 0 Å². The summed E-state index contributed by atoms with van der Waals surface area (Å²) >= 11 is 2.07. The summed E-state index contributed by atoms with van der Waals surface area (Å²) in [6.45, 7) is 1.81. The highest BCUT2D eigenvalue weighted by Crippen LogP contribution is 2.24. The lowest BCUT2D eigenvalue weighted by Crippen LogP contribution is -2.26. The molecule has 1 aliphatic heterocycles. The normalized spacial score (nSPS) is 19.7. The molecule has 1 aliphatic rings. The first-order chi connectivity index (χ1) is 8.79. The third-order valence-electron chi connectivity index (χ3n) is 3.11. The first kappa shape index (κ1) is 13.5. The van der Waals surface area contributed by atoms with Crippen LogP contribution in [0.5, 0.6) is 0 Å². The Morgan fingerprint density at radius 2 is 2.44 bits per heavy atom. The van der Waals surface area contributed by atoms with Crippen molar-refractivity contribution >= 4 is 17.7 Å². The molecule has 0 radical (unpaired) electrons. The van der Waals surface area contributed by atoms with Crippen molar-refractivity contribution in [1.82, 2.24) is 10.3 Å². The predicted molar refractivity (Wildman–Crippen MR) is 73.9 cm³/mol. The van der Waals surface area contributed by atoms with Crippen LogP contribution in [0.3, 0.4) is 0 Å². The van der Waals surface area contributed by atoms with E-state index in [1.54, 1.807) is 6.07 Å². The standard InChI is InChI=1S/C13H20N2O2S/c1-17-13(16)12-6-5-10(15-12)8-14-9-11-4-2-3-7-18-11/h5-6,11,14-15H,2-4,7-9H2,1H3. The van der Waals surface area contributed by atoms with E-state index in [1.807, 2.05) is 6.07 Å². The summed E-state index contributed by atoms with van der Waals surface area (Å²) in [5, 5.41) is 4.18. The lowest BCUT2D eigenvalue weighted by molar-refractivity contribution is 0.0594. The monoisotopic (exact) mass is 268 g/mol. The number of hydrogen-bond acceptors (Lipinski definition) is 4. The van der Waals surface area contributed by atoms with Crippen molar-refractivity contribution in [1.29, 1.82) is 0 Å². The fourth-order valence-corrected chi connectivity index (χ4v) is 3.38. The molecule has 0 bridgehead atoms. The van der Waals surface area contributed by atoms with Gasteiger partial charge in [-0.15, -0.1) is 0 Å². The highest BCUT2D eigenvalue weighted by atomic mass is 32.2. The summed E-state index contributed by atoms with van der Waals surface area (Å²) < 4.78 is 4.66. The molecule has 2 N–H and O–H groups in total. The van der Waals surface area contributed by atoms with Gasteiger partial charge in [0.1, 0.15) is 5.69 Å². The second-order valence-corrected chi connectivity index (χ2v) is 5.92. The topological polar surface area (TPSA) is 54.1 Å². The van der Waals surface area contributed by atoms with Crippen LogP contribution in [-0.4, -0.2) is 35.6 Å². The van der Waals surface area contributed by atoms with Gasteiger partial charge in [0.15, 0.2) is 0 Å². The van der Waals surface area contributed by atoms with E-state index in [0.29, 0.717) is 5.69 Å². The van der Waals surface area contributed by atoms with Crippen LogP contribution >= 0.6 is 11.8 Å². The predicted octanol–water partition coefficient (Wildman–Crippen LogP) is 2.18. The van der Waals surface area contributed by atoms with Crippen molar-refractivity contribution in [3.05, 3.63) is 23.5 Å². The van der Waals surface area contributed by atoms with Gasteiger partial charge in [-0.3, -0.25) is 0 Å². The van der Waals surface area contributed by atoms with Gasteiger partial charge in [-0.1, -0.05) is 6.42 Å². The van der Waals surface area contributed by atoms with E-state index in [0.717, 1.165) is 24.0 Å². The second-order valence-electron chi connectivity index (χ2n) is 4.51. The lowest BCUT2D eigenvalue weighted by atomic mass is 10.2. The number of methoxy groups -OCH3 is 1. The Labute approximate surface area is 112 Å². The second kappa shape index (κ2) is 6.85. The first-order valence-corrected chi connectivity index (χ1v) is 7.43. The van der Waals surface area contributed by atoms with Crippen LogP contribution in [0.1, 0.15) is 35.4 Å². The van der Waals surface area contributed by atoms with Crippen LogP contribution in [0, 0.1) is 0 Å². The number of carbonyl (C=O) groups excluding carboxylic acids is 1. The number of esters is 1. The molecule has 0 saturated carbocycles. The van der Waals surface area contributed by atoms with Crippen LogP contribution in [0.4, 0.5) is 0 Å². The summed E-state index contributed by atoms with van der Waals surface area (Å²) in [6.07, 6.45) is 4.03. The van der Waals surface area contributed by atoms with Crippen LogP contribution in [0.25, 0.3) is 0 Å². The van der Waals surface area contributed by atoms with Gasteiger partial charge in [-0.05, 0) is 30.7 Å². The van der Waals surface area contributed by atoms with E-state index < -0.39 is 0 Å². The Bertz CT molecular complexity index is 386. The minimum absolute atomic E-state index is 0.316. The van der Waals surface area contributed by atoms with E-state index in [2.05, 4.69) is 26.8 Å². The van der Waals surface area contributed by atoms with Crippen molar-refractivity contribution in [3.63, 3.8) is 0 Å². The molecule has 1 unspecified atom stereocenters. The number of rotatable bonds is 5. The summed E-state index contributed by atoms with van der Waals surface area (Å²) in [5.74, 6) is 0.977. The van der Waals surface area contributed by atoms with Gasteiger partial charge >= 0.3 is 5.97 Å². The Morgan fingerprint density at radius 3 is 3.17 bits per heavy atom. The number of aromatic nitrogens is 1. The molecule has 1 fully saturated rings. The highest BCUT2D eigenvalue weighted by Gasteiger charge is 2.13. The number of nitrogens with one attached hydrogen (secondary N) is 2. The van der Waals surface area contributed by atoms with Crippen molar-refractivity contribution in [2.75, 3.05) is 19.4 Å². The molecular formula is C13H20N2O2S. The number of thioether (sulfide) groups is 1. The van der Waals surface area contributed by atoms with Gasteiger partial charge in [-0.2, -0.15) is 11.8 Å². The maximum atomic E-state index is 11.3.